The summed E-state index contributed by atoms with van der Waals surface area (Å²) in [4.78, 5) is 7.88. The molecule has 0 aliphatic rings. The van der Waals surface area contributed by atoms with E-state index in [4.69, 9.17) is 23.2 Å². The minimum atomic E-state index is 0.178. The second-order valence-corrected chi connectivity index (χ2v) is 3.88. The fourth-order valence-corrected chi connectivity index (χ4v) is 1.69. The van der Waals surface area contributed by atoms with Gasteiger partial charge in [0.15, 0.2) is 0 Å². The molecule has 0 radical (unpaired) electrons. The first-order valence-corrected chi connectivity index (χ1v) is 5.02. The Hall–Kier alpha value is -1.13. The summed E-state index contributed by atoms with van der Waals surface area (Å²) in [5.74, 6) is 0. The van der Waals surface area contributed by atoms with E-state index in [1.807, 2.05) is 20.2 Å². The van der Waals surface area contributed by atoms with Crippen LogP contribution in [0.2, 0.25) is 10.3 Å². The molecule has 0 N–H and O–H groups in total. The molecule has 4 nitrogen and oxygen atoms in total. The highest BCUT2D eigenvalue weighted by atomic mass is 35.5. The minimum Gasteiger partial charge on any atom is -0.275 e. The lowest BCUT2D eigenvalue weighted by Gasteiger charge is -2.00. The highest BCUT2D eigenvalue weighted by Crippen LogP contribution is 2.27. The molecule has 0 atom stereocenters. The smallest absolute Gasteiger partial charge is 0.222 e. The van der Waals surface area contributed by atoms with E-state index in [1.165, 1.54) is 6.20 Å². The summed E-state index contributed by atoms with van der Waals surface area (Å²) in [6.07, 6.45) is 3.33. The van der Waals surface area contributed by atoms with Gasteiger partial charge < -0.3 is 0 Å². The maximum absolute atomic E-state index is 5.99. The maximum atomic E-state index is 5.99. The quantitative estimate of drug-likeness (QED) is 0.722. The van der Waals surface area contributed by atoms with Crippen molar-refractivity contribution in [2.45, 2.75) is 6.92 Å². The van der Waals surface area contributed by atoms with E-state index in [2.05, 4.69) is 15.1 Å². The van der Waals surface area contributed by atoms with Gasteiger partial charge >= 0.3 is 0 Å². The molecule has 2 aromatic heterocycles. The third-order valence-corrected chi connectivity index (χ3v) is 2.44. The topological polar surface area (TPSA) is 43.6 Å². The predicted molar refractivity (Wildman–Crippen MR) is 59.0 cm³/mol. The molecule has 0 bridgehead atoms. The lowest BCUT2D eigenvalue weighted by Crippen LogP contribution is -1.89. The Morgan fingerprint density at radius 3 is 2.67 bits per heavy atom. The molecule has 2 heterocycles. The largest absolute Gasteiger partial charge is 0.275 e. The zero-order valence-electron chi connectivity index (χ0n) is 8.20. The monoisotopic (exact) mass is 242 g/mol. The average molecular weight is 243 g/mol. The number of aryl methyl sites for hydroxylation is 2. The lowest BCUT2D eigenvalue weighted by molar-refractivity contribution is 0.756. The van der Waals surface area contributed by atoms with Crippen LogP contribution in [0.15, 0.2) is 12.4 Å². The summed E-state index contributed by atoms with van der Waals surface area (Å²) in [7, 11) is 1.84. The third kappa shape index (κ3) is 1.96. The van der Waals surface area contributed by atoms with E-state index in [1.54, 1.807) is 4.68 Å². The van der Waals surface area contributed by atoms with Crippen molar-refractivity contribution in [2.24, 2.45) is 7.05 Å². The Labute approximate surface area is 96.9 Å². The van der Waals surface area contributed by atoms with Gasteiger partial charge in [-0.1, -0.05) is 11.6 Å². The second kappa shape index (κ2) is 3.79. The second-order valence-electron chi connectivity index (χ2n) is 3.14. The van der Waals surface area contributed by atoms with Gasteiger partial charge in [0.1, 0.15) is 0 Å². The molecule has 0 aliphatic heterocycles. The van der Waals surface area contributed by atoms with Crippen molar-refractivity contribution in [2.75, 3.05) is 0 Å². The molecule has 0 saturated carbocycles. The van der Waals surface area contributed by atoms with E-state index < -0.39 is 0 Å². The number of aromatic nitrogens is 4. The Bertz CT molecular complexity index is 507. The van der Waals surface area contributed by atoms with Crippen molar-refractivity contribution in [3.8, 4) is 11.3 Å². The molecule has 0 saturated heterocycles. The number of hydrogen-bond donors (Lipinski definition) is 0. The van der Waals surface area contributed by atoms with E-state index in [-0.39, 0.29) is 5.28 Å². The van der Waals surface area contributed by atoms with Gasteiger partial charge in [0.05, 0.1) is 22.6 Å². The Balaban J connectivity index is 2.62. The van der Waals surface area contributed by atoms with Gasteiger partial charge in [-0.2, -0.15) is 5.10 Å². The summed E-state index contributed by atoms with van der Waals surface area (Å²) in [6, 6.07) is 0. The molecule has 0 fully saturated rings. The van der Waals surface area contributed by atoms with Crippen LogP contribution in [-0.4, -0.2) is 19.7 Å². The molecule has 2 rings (SSSR count). The van der Waals surface area contributed by atoms with E-state index in [0.717, 1.165) is 11.3 Å². The fraction of sp³-hybridized carbons (Fsp3) is 0.222. The van der Waals surface area contributed by atoms with Crippen LogP contribution in [0.1, 0.15) is 5.69 Å². The van der Waals surface area contributed by atoms with Gasteiger partial charge in [-0.15, -0.1) is 0 Å². The minimum absolute atomic E-state index is 0.178. The molecule has 0 spiro atoms. The van der Waals surface area contributed by atoms with Crippen LogP contribution in [0, 0.1) is 6.92 Å². The standard InChI is InChI=1S/C9H8Cl2N4/c1-5-6(4-15(2)14-5)8-7(10)3-12-9(11)13-8/h3-4H,1-2H3. The van der Waals surface area contributed by atoms with Crippen LogP contribution in [0.5, 0.6) is 0 Å². The summed E-state index contributed by atoms with van der Waals surface area (Å²) in [5, 5.41) is 4.86. The highest BCUT2D eigenvalue weighted by molar-refractivity contribution is 6.33. The van der Waals surface area contributed by atoms with E-state index in [0.29, 0.717) is 10.7 Å². The van der Waals surface area contributed by atoms with Crippen molar-refractivity contribution in [3.63, 3.8) is 0 Å². The molecular weight excluding hydrogens is 235 g/mol. The van der Waals surface area contributed by atoms with Gasteiger partial charge in [-0.3, -0.25) is 4.68 Å². The molecule has 2 aromatic rings. The predicted octanol–water partition coefficient (Wildman–Crippen LogP) is 2.49. The third-order valence-electron chi connectivity index (χ3n) is 1.98. The van der Waals surface area contributed by atoms with Crippen LogP contribution in [0.4, 0.5) is 0 Å². The first-order valence-electron chi connectivity index (χ1n) is 4.26. The maximum Gasteiger partial charge on any atom is 0.222 e. The van der Waals surface area contributed by atoms with Crippen molar-refractivity contribution in [1.82, 2.24) is 19.7 Å². The first kappa shape index (κ1) is 10.4. The van der Waals surface area contributed by atoms with Crippen LogP contribution >= 0.6 is 23.2 Å². The van der Waals surface area contributed by atoms with E-state index in [9.17, 15) is 0 Å². The van der Waals surface area contributed by atoms with Gasteiger partial charge in [0.25, 0.3) is 0 Å². The molecule has 6 heteroatoms. The van der Waals surface area contributed by atoms with Crippen molar-refractivity contribution in [1.29, 1.82) is 0 Å². The summed E-state index contributed by atoms with van der Waals surface area (Å²) in [6.45, 7) is 1.89. The number of hydrogen-bond acceptors (Lipinski definition) is 3. The summed E-state index contributed by atoms with van der Waals surface area (Å²) >= 11 is 11.7. The molecule has 0 amide bonds. The Morgan fingerprint density at radius 1 is 1.33 bits per heavy atom. The zero-order valence-corrected chi connectivity index (χ0v) is 9.71. The van der Waals surface area contributed by atoms with Gasteiger partial charge in [0.2, 0.25) is 5.28 Å². The van der Waals surface area contributed by atoms with Crippen LogP contribution in [-0.2, 0) is 7.05 Å². The number of halogens is 2. The van der Waals surface area contributed by atoms with E-state index >= 15 is 0 Å². The molecular formula is C9H8Cl2N4. The summed E-state index contributed by atoms with van der Waals surface area (Å²) < 4.78 is 1.71. The molecule has 0 aromatic carbocycles. The molecule has 0 aliphatic carbocycles. The fourth-order valence-electron chi connectivity index (χ4n) is 1.37. The number of nitrogens with zero attached hydrogens (tertiary/aromatic N) is 4. The van der Waals surface area contributed by atoms with Crippen molar-refractivity contribution < 1.29 is 0 Å². The van der Waals surface area contributed by atoms with Gasteiger partial charge in [-0.05, 0) is 18.5 Å². The van der Waals surface area contributed by atoms with Crippen LogP contribution in [0.3, 0.4) is 0 Å². The number of rotatable bonds is 1. The summed E-state index contributed by atoms with van der Waals surface area (Å²) in [5.41, 5.74) is 2.34. The molecule has 78 valence electrons. The first-order chi connectivity index (χ1) is 7.08. The van der Waals surface area contributed by atoms with Crippen molar-refractivity contribution >= 4 is 23.2 Å². The van der Waals surface area contributed by atoms with Crippen LogP contribution in [0.25, 0.3) is 11.3 Å². The molecule has 0 unspecified atom stereocenters. The van der Waals surface area contributed by atoms with Gasteiger partial charge in [0, 0.05) is 18.8 Å². The SMILES string of the molecule is Cc1nn(C)cc1-c1nc(Cl)ncc1Cl. The Morgan fingerprint density at radius 2 is 2.07 bits per heavy atom. The normalized spacial score (nSPS) is 10.7. The van der Waals surface area contributed by atoms with Crippen LogP contribution < -0.4 is 0 Å². The molecule has 15 heavy (non-hydrogen) atoms. The average Bonchev–Trinajstić information content (AvgIpc) is 2.50. The highest BCUT2D eigenvalue weighted by Gasteiger charge is 2.12. The van der Waals surface area contributed by atoms with Crippen molar-refractivity contribution in [3.05, 3.63) is 28.4 Å². The zero-order chi connectivity index (χ0) is 11.0. The van der Waals surface area contributed by atoms with Gasteiger partial charge in [-0.25, -0.2) is 9.97 Å². The lowest BCUT2D eigenvalue weighted by atomic mass is 10.2. The Kier molecular flexibility index (Phi) is 2.63.